The zero-order valence-corrected chi connectivity index (χ0v) is 19.1. The molecule has 1 amide bonds. The molecule has 182 valence electrons. The van der Waals surface area contributed by atoms with Crippen LogP contribution in [0.25, 0.3) is 0 Å². The molecule has 1 aliphatic carbocycles. The summed E-state index contributed by atoms with van der Waals surface area (Å²) in [6, 6.07) is 5.41. The highest BCUT2D eigenvalue weighted by atomic mass is 16.4. The third kappa shape index (κ3) is 4.86. The number of aliphatic carboxylic acids is 1. The number of hydrogen-bond acceptors (Lipinski definition) is 8. The number of carbonyl (C=O) groups excluding carboxylic acids is 2. The van der Waals surface area contributed by atoms with Gasteiger partial charge in [0.05, 0.1) is 11.1 Å². The summed E-state index contributed by atoms with van der Waals surface area (Å²) in [7, 11) is 0. The highest BCUT2D eigenvalue weighted by molar-refractivity contribution is 6.13. The Morgan fingerprint density at radius 3 is 2.46 bits per heavy atom. The van der Waals surface area contributed by atoms with Crippen LogP contribution in [0.2, 0.25) is 0 Å². The Bertz CT molecular complexity index is 1350. The summed E-state index contributed by atoms with van der Waals surface area (Å²) < 4.78 is 5.39. The minimum atomic E-state index is -1.17. The van der Waals surface area contributed by atoms with Crippen LogP contribution < -0.4 is 26.8 Å². The Hall–Kier alpha value is -4.21. The Morgan fingerprint density at radius 1 is 1.06 bits per heavy atom. The lowest BCUT2D eigenvalue weighted by molar-refractivity contribution is -0.137. The van der Waals surface area contributed by atoms with Crippen LogP contribution in [-0.2, 0) is 17.6 Å². The molecule has 1 atom stereocenters. The number of hydrogen-bond donors (Lipinski definition) is 4. The third-order valence-corrected chi connectivity index (χ3v) is 5.93. The van der Waals surface area contributed by atoms with Crippen LogP contribution in [0, 0.1) is 0 Å². The number of benzene rings is 1. The number of amides is 1. The van der Waals surface area contributed by atoms with Crippen LogP contribution in [0.1, 0.15) is 58.2 Å². The van der Waals surface area contributed by atoms with Gasteiger partial charge in [0.15, 0.2) is 5.78 Å². The molecule has 0 saturated carbocycles. The van der Waals surface area contributed by atoms with Gasteiger partial charge in [-0.1, -0.05) is 19.1 Å². The Morgan fingerprint density at radius 2 is 1.77 bits per heavy atom. The second-order valence-corrected chi connectivity index (χ2v) is 8.45. The first kappa shape index (κ1) is 23.9. The number of anilines is 3. The number of fused-ring (bicyclic) bond motifs is 1. The Labute approximate surface area is 200 Å². The molecule has 1 heterocycles. The number of ketones is 1. The molecule has 2 aromatic carbocycles. The van der Waals surface area contributed by atoms with Crippen LogP contribution >= 0.6 is 0 Å². The van der Waals surface area contributed by atoms with Crippen LogP contribution in [0.5, 0.6) is 0 Å². The van der Waals surface area contributed by atoms with E-state index in [1.807, 2.05) is 6.92 Å². The van der Waals surface area contributed by atoms with Crippen molar-refractivity contribution in [3.63, 3.8) is 0 Å². The number of aryl methyl sites for hydroxylation is 1. The summed E-state index contributed by atoms with van der Waals surface area (Å²) in [5.41, 5.74) is 0.333. The van der Waals surface area contributed by atoms with Crippen molar-refractivity contribution in [2.24, 2.45) is 0 Å². The fourth-order valence-electron chi connectivity index (χ4n) is 4.07. The van der Waals surface area contributed by atoms with E-state index in [-0.39, 0.29) is 29.1 Å². The van der Waals surface area contributed by atoms with E-state index in [1.165, 1.54) is 6.26 Å². The Kier molecular flexibility index (Phi) is 6.81. The van der Waals surface area contributed by atoms with E-state index in [0.29, 0.717) is 48.4 Å². The maximum absolute atomic E-state index is 12.7. The number of rotatable bonds is 10. The van der Waals surface area contributed by atoms with Gasteiger partial charge in [-0.05, 0) is 30.5 Å². The summed E-state index contributed by atoms with van der Waals surface area (Å²) >= 11 is 0. The number of carboxylic acids is 1. The number of nitrogens with one attached hydrogen (secondary N) is 3. The van der Waals surface area contributed by atoms with Crippen molar-refractivity contribution in [2.45, 2.75) is 45.1 Å². The highest BCUT2D eigenvalue weighted by Crippen LogP contribution is 2.27. The van der Waals surface area contributed by atoms with Crippen LogP contribution in [0.15, 0.2) is 44.5 Å². The van der Waals surface area contributed by atoms with Crippen molar-refractivity contribution < 1.29 is 23.9 Å². The largest absolute Gasteiger partial charge is 0.480 e. The van der Waals surface area contributed by atoms with E-state index in [9.17, 15) is 29.1 Å². The number of carbonyl (C=O) groups is 3. The second-order valence-electron chi connectivity index (χ2n) is 8.45. The molecule has 0 spiro atoms. The van der Waals surface area contributed by atoms with Gasteiger partial charge in [-0.25, -0.2) is 4.79 Å². The Balaban J connectivity index is 1.43. The zero-order chi connectivity index (χ0) is 25.1. The molecule has 4 N–H and O–H groups in total. The molecule has 35 heavy (non-hydrogen) atoms. The van der Waals surface area contributed by atoms with Gasteiger partial charge in [-0.2, -0.15) is 0 Å². The van der Waals surface area contributed by atoms with Gasteiger partial charge in [-0.15, -0.1) is 0 Å². The molecule has 0 aliphatic heterocycles. The summed E-state index contributed by atoms with van der Waals surface area (Å²) in [5.74, 6) is -1.21. The molecule has 0 fully saturated rings. The minimum absolute atomic E-state index is 0.0160. The highest BCUT2D eigenvalue weighted by Gasteiger charge is 2.28. The van der Waals surface area contributed by atoms with E-state index < -0.39 is 28.8 Å². The maximum atomic E-state index is 12.7. The number of Topliss-reactive ketones (excluding diaryl/α,β-unsaturated/α-hetero) is 1. The molecule has 0 unspecified atom stereocenters. The maximum Gasteiger partial charge on any atom is 0.326 e. The van der Waals surface area contributed by atoms with Gasteiger partial charge in [0, 0.05) is 31.5 Å². The van der Waals surface area contributed by atoms with Crippen LogP contribution in [0.3, 0.4) is 0 Å². The van der Waals surface area contributed by atoms with Crippen molar-refractivity contribution >= 4 is 34.7 Å². The van der Waals surface area contributed by atoms with Gasteiger partial charge in [-0.3, -0.25) is 19.2 Å². The van der Waals surface area contributed by atoms with Crippen molar-refractivity contribution in [1.29, 1.82) is 0 Å². The SMILES string of the molecule is CCCNc1c(N[C@@H](Cc2ccc(NC(=O)c3coc4c3C(=O)CCC4)cc2)C(=O)O)c(=O)c1=O. The molecule has 1 aliphatic rings. The molecule has 10 nitrogen and oxygen atoms in total. The topological polar surface area (TPSA) is 155 Å². The van der Waals surface area contributed by atoms with Crippen molar-refractivity contribution in [3.05, 3.63) is 73.4 Å². The summed E-state index contributed by atoms with van der Waals surface area (Å²) in [5, 5.41) is 17.9. The van der Waals surface area contributed by atoms with Gasteiger partial charge >= 0.3 is 5.97 Å². The average Bonchev–Trinajstić information content (AvgIpc) is 3.29. The van der Waals surface area contributed by atoms with E-state index >= 15 is 0 Å². The monoisotopic (exact) mass is 479 g/mol. The molecule has 10 heteroatoms. The van der Waals surface area contributed by atoms with E-state index in [2.05, 4.69) is 16.0 Å². The fraction of sp³-hybridized carbons (Fsp3) is 0.320. The summed E-state index contributed by atoms with van der Waals surface area (Å²) in [6.07, 6.45) is 3.78. The quantitative estimate of drug-likeness (QED) is 0.321. The van der Waals surface area contributed by atoms with E-state index in [4.69, 9.17) is 4.42 Å². The lowest BCUT2D eigenvalue weighted by Crippen LogP contribution is -2.42. The minimum Gasteiger partial charge on any atom is -0.480 e. The van der Waals surface area contributed by atoms with Crippen LogP contribution in [0.4, 0.5) is 17.1 Å². The average molecular weight is 479 g/mol. The van der Waals surface area contributed by atoms with Crippen molar-refractivity contribution in [1.82, 2.24) is 0 Å². The lowest BCUT2D eigenvalue weighted by atomic mass is 9.94. The van der Waals surface area contributed by atoms with Gasteiger partial charge in [0.1, 0.15) is 29.4 Å². The first-order valence-corrected chi connectivity index (χ1v) is 11.4. The number of furan rings is 1. The van der Waals surface area contributed by atoms with Crippen molar-refractivity contribution in [2.75, 3.05) is 22.5 Å². The first-order chi connectivity index (χ1) is 16.8. The molecule has 0 saturated heterocycles. The third-order valence-electron chi connectivity index (χ3n) is 5.93. The summed E-state index contributed by atoms with van der Waals surface area (Å²) in [4.78, 5) is 60.4. The molecule has 0 radical (unpaired) electrons. The first-order valence-electron chi connectivity index (χ1n) is 11.4. The molecule has 1 aromatic heterocycles. The molecule has 3 aromatic rings. The summed E-state index contributed by atoms with van der Waals surface area (Å²) in [6.45, 7) is 2.39. The van der Waals surface area contributed by atoms with Gasteiger partial charge in [0.25, 0.3) is 16.8 Å². The molecular weight excluding hydrogens is 454 g/mol. The standard InChI is InChI=1S/C25H25N3O7/c1-2-10-26-20-21(23(31)22(20)30)28-16(25(33)34)11-13-6-8-14(9-7-13)27-24(32)15-12-35-18-5-3-4-17(29)19(15)18/h6-9,12,16,26,28H,2-5,10-11H2,1H3,(H,27,32)(H,33,34)/t16-/m0/s1. The normalized spacial score (nSPS) is 13.8. The van der Waals surface area contributed by atoms with E-state index in [0.717, 1.165) is 6.42 Å². The molecule has 0 bridgehead atoms. The smallest absolute Gasteiger partial charge is 0.326 e. The predicted molar refractivity (Wildman–Crippen MR) is 129 cm³/mol. The zero-order valence-electron chi connectivity index (χ0n) is 19.1. The molecule has 4 rings (SSSR count). The lowest BCUT2D eigenvalue weighted by Gasteiger charge is -2.20. The fourth-order valence-corrected chi connectivity index (χ4v) is 4.07. The van der Waals surface area contributed by atoms with Crippen LogP contribution in [-0.4, -0.2) is 35.4 Å². The predicted octanol–water partition coefficient (Wildman–Crippen LogP) is 2.58. The number of carboxylic acid groups (broad SMARTS) is 1. The van der Waals surface area contributed by atoms with Gasteiger partial charge in [0.2, 0.25) is 0 Å². The second kappa shape index (κ2) is 9.96. The van der Waals surface area contributed by atoms with Gasteiger partial charge < -0.3 is 25.5 Å². The molecular formula is C25H25N3O7. The van der Waals surface area contributed by atoms with E-state index in [1.54, 1.807) is 24.3 Å². The van der Waals surface area contributed by atoms with Crippen molar-refractivity contribution in [3.8, 4) is 0 Å².